The number of rotatable bonds is 3. The van der Waals surface area contributed by atoms with Crippen molar-refractivity contribution in [3.8, 4) is 0 Å². The van der Waals surface area contributed by atoms with E-state index in [0.717, 1.165) is 17.1 Å². The molecule has 5 nitrogen and oxygen atoms in total. The lowest BCUT2D eigenvalue weighted by Crippen LogP contribution is -2.11. The van der Waals surface area contributed by atoms with Crippen molar-refractivity contribution >= 4 is 28.7 Å². The van der Waals surface area contributed by atoms with Crippen molar-refractivity contribution in [2.75, 3.05) is 10.7 Å². The Bertz CT molecular complexity index is 440. The van der Waals surface area contributed by atoms with Crippen LogP contribution in [0.25, 0.3) is 0 Å². The number of hydrazine groups is 1. The van der Waals surface area contributed by atoms with Crippen molar-refractivity contribution in [2.45, 2.75) is 6.92 Å². The number of hydrogen-bond donors (Lipinski definition) is 3. The summed E-state index contributed by atoms with van der Waals surface area (Å²) in [5, 5.41) is 7.20. The van der Waals surface area contributed by atoms with E-state index in [0.29, 0.717) is 5.82 Å². The summed E-state index contributed by atoms with van der Waals surface area (Å²) in [6.07, 6.45) is 1.47. The number of hydrogen-bond acceptors (Lipinski definition) is 6. The zero-order valence-electron chi connectivity index (χ0n) is 8.19. The molecule has 6 heteroatoms. The highest BCUT2D eigenvalue weighted by molar-refractivity contribution is 7.08. The van der Waals surface area contributed by atoms with Crippen LogP contribution in [0.4, 0.5) is 17.3 Å². The molecule has 15 heavy (non-hydrogen) atoms. The molecule has 0 fully saturated rings. The minimum absolute atomic E-state index is 0.628. The van der Waals surface area contributed by atoms with E-state index >= 15 is 0 Å². The van der Waals surface area contributed by atoms with Crippen molar-refractivity contribution in [1.29, 1.82) is 0 Å². The maximum absolute atomic E-state index is 5.33. The quantitative estimate of drug-likeness (QED) is 0.545. The van der Waals surface area contributed by atoms with Gasteiger partial charge in [0.05, 0.1) is 5.69 Å². The van der Waals surface area contributed by atoms with Crippen LogP contribution in [-0.4, -0.2) is 9.97 Å². The molecule has 0 spiro atoms. The predicted octanol–water partition coefficient (Wildman–Crippen LogP) is 1.88. The molecule has 2 rings (SSSR count). The summed E-state index contributed by atoms with van der Waals surface area (Å²) < 4.78 is 0. The monoisotopic (exact) mass is 221 g/mol. The smallest absolute Gasteiger partial charge is 0.148 e. The summed E-state index contributed by atoms with van der Waals surface area (Å²) in [4.78, 5) is 8.15. The number of nitrogens with one attached hydrogen (secondary N) is 2. The van der Waals surface area contributed by atoms with Crippen molar-refractivity contribution < 1.29 is 0 Å². The van der Waals surface area contributed by atoms with Gasteiger partial charge in [-0.3, -0.25) is 0 Å². The van der Waals surface area contributed by atoms with E-state index in [1.807, 2.05) is 23.8 Å². The minimum Gasteiger partial charge on any atom is -0.339 e. The minimum atomic E-state index is 0.628. The molecule has 0 bridgehead atoms. The molecular weight excluding hydrogens is 210 g/mol. The molecule has 0 atom stereocenters. The molecule has 0 radical (unpaired) electrons. The van der Waals surface area contributed by atoms with Crippen LogP contribution >= 0.6 is 11.3 Å². The number of aromatic nitrogens is 2. The zero-order chi connectivity index (χ0) is 10.7. The van der Waals surface area contributed by atoms with Crippen LogP contribution in [0, 0.1) is 6.92 Å². The highest BCUT2D eigenvalue weighted by Crippen LogP contribution is 2.22. The van der Waals surface area contributed by atoms with E-state index in [4.69, 9.17) is 5.84 Å². The zero-order valence-corrected chi connectivity index (χ0v) is 9.01. The maximum Gasteiger partial charge on any atom is 0.148 e. The second-order valence-corrected chi connectivity index (χ2v) is 3.76. The lowest BCUT2D eigenvalue weighted by atomic mass is 10.3. The lowest BCUT2D eigenvalue weighted by Gasteiger charge is -2.09. The van der Waals surface area contributed by atoms with Gasteiger partial charge >= 0.3 is 0 Å². The molecule has 0 aliphatic rings. The third kappa shape index (κ3) is 2.05. The van der Waals surface area contributed by atoms with Crippen LogP contribution in [-0.2, 0) is 0 Å². The van der Waals surface area contributed by atoms with Crippen molar-refractivity contribution in [3.05, 3.63) is 28.7 Å². The average molecular weight is 221 g/mol. The van der Waals surface area contributed by atoms with Gasteiger partial charge < -0.3 is 10.7 Å². The Labute approximate surface area is 91.3 Å². The van der Waals surface area contributed by atoms with Gasteiger partial charge in [-0.2, -0.15) is 11.3 Å². The largest absolute Gasteiger partial charge is 0.339 e. The Morgan fingerprint density at radius 2 is 2.13 bits per heavy atom. The van der Waals surface area contributed by atoms with Gasteiger partial charge in [-0.1, -0.05) is 0 Å². The SMILES string of the molecule is Cc1c(NN)ncnc1Nc1ccsc1. The van der Waals surface area contributed by atoms with Crippen LogP contribution in [0.2, 0.25) is 0 Å². The van der Waals surface area contributed by atoms with E-state index in [9.17, 15) is 0 Å². The summed E-state index contributed by atoms with van der Waals surface area (Å²) >= 11 is 1.63. The standard InChI is InChI=1S/C9H11N5S/c1-6-8(11-5-12-9(6)14-10)13-7-2-3-15-4-7/h2-5H,10H2,1H3,(H2,11,12,13,14). The molecule has 78 valence electrons. The van der Waals surface area contributed by atoms with Crippen molar-refractivity contribution in [1.82, 2.24) is 9.97 Å². The van der Waals surface area contributed by atoms with Gasteiger partial charge in [0.15, 0.2) is 0 Å². The van der Waals surface area contributed by atoms with Crippen LogP contribution in [0.1, 0.15) is 5.56 Å². The lowest BCUT2D eigenvalue weighted by molar-refractivity contribution is 1.11. The first-order chi connectivity index (χ1) is 7.31. The second kappa shape index (κ2) is 4.24. The number of nitrogens with zero attached hydrogens (tertiary/aromatic N) is 2. The third-order valence-electron chi connectivity index (χ3n) is 2.00. The van der Waals surface area contributed by atoms with Crippen molar-refractivity contribution in [2.24, 2.45) is 5.84 Å². The van der Waals surface area contributed by atoms with E-state index in [-0.39, 0.29) is 0 Å². The number of nitrogen functional groups attached to an aromatic ring is 1. The van der Waals surface area contributed by atoms with E-state index in [2.05, 4.69) is 20.7 Å². The van der Waals surface area contributed by atoms with Crippen LogP contribution in [0.5, 0.6) is 0 Å². The highest BCUT2D eigenvalue weighted by Gasteiger charge is 2.05. The fraction of sp³-hybridized carbons (Fsp3) is 0.111. The predicted molar refractivity (Wildman–Crippen MR) is 62.2 cm³/mol. The van der Waals surface area contributed by atoms with Crippen LogP contribution in [0.3, 0.4) is 0 Å². The topological polar surface area (TPSA) is 75.9 Å². The maximum atomic E-state index is 5.33. The first-order valence-electron chi connectivity index (χ1n) is 4.38. The molecule has 0 aromatic carbocycles. The molecule has 0 aliphatic heterocycles. The van der Waals surface area contributed by atoms with Crippen LogP contribution < -0.4 is 16.6 Å². The third-order valence-corrected chi connectivity index (χ3v) is 2.69. The van der Waals surface area contributed by atoms with Gasteiger partial charge in [0.1, 0.15) is 18.0 Å². The van der Waals surface area contributed by atoms with Gasteiger partial charge in [-0.15, -0.1) is 0 Å². The fourth-order valence-corrected chi connectivity index (χ4v) is 1.78. The van der Waals surface area contributed by atoms with Gasteiger partial charge in [0.25, 0.3) is 0 Å². The molecule has 0 amide bonds. The van der Waals surface area contributed by atoms with E-state index in [1.165, 1.54) is 6.33 Å². The summed E-state index contributed by atoms with van der Waals surface area (Å²) in [7, 11) is 0. The molecule has 0 aliphatic carbocycles. The van der Waals surface area contributed by atoms with Gasteiger partial charge in [-0.25, -0.2) is 15.8 Å². The molecule has 0 unspecified atom stereocenters. The van der Waals surface area contributed by atoms with Gasteiger partial charge in [0.2, 0.25) is 0 Å². The Kier molecular flexibility index (Phi) is 2.79. The van der Waals surface area contributed by atoms with E-state index in [1.54, 1.807) is 11.3 Å². The number of thiophene rings is 1. The Hall–Kier alpha value is -1.66. The number of anilines is 3. The normalized spacial score (nSPS) is 10.0. The Morgan fingerprint density at radius 3 is 2.80 bits per heavy atom. The summed E-state index contributed by atoms with van der Waals surface area (Å²) in [6.45, 7) is 1.91. The summed E-state index contributed by atoms with van der Waals surface area (Å²) in [6, 6.07) is 1.99. The molecule has 4 N–H and O–H groups in total. The molecule has 0 saturated heterocycles. The average Bonchev–Trinajstić information content (AvgIpc) is 2.74. The second-order valence-electron chi connectivity index (χ2n) is 2.98. The molecular formula is C9H11N5S. The molecule has 0 saturated carbocycles. The summed E-state index contributed by atoms with van der Waals surface area (Å²) in [5.41, 5.74) is 4.44. The molecule has 2 aromatic rings. The molecule has 2 aromatic heterocycles. The van der Waals surface area contributed by atoms with E-state index < -0.39 is 0 Å². The fourth-order valence-electron chi connectivity index (χ4n) is 1.19. The summed E-state index contributed by atoms with van der Waals surface area (Å²) in [5.74, 6) is 6.71. The van der Waals surface area contributed by atoms with Gasteiger partial charge in [-0.05, 0) is 18.4 Å². The van der Waals surface area contributed by atoms with Crippen molar-refractivity contribution in [3.63, 3.8) is 0 Å². The Morgan fingerprint density at radius 1 is 1.33 bits per heavy atom. The first kappa shape index (κ1) is 9.88. The van der Waals surface area contributed by atoms with Crippen LogP contribution in [0.15, 0.2) is 23.2 Å². The highest BCUT2D eigenvalue weighted by atomic mass is 32.1. The number of nitrogens with two attached hydrogens (primary N) is 1. The first-order valence-corrected chi connectivity index (χ1v) is 5.33. The molecule has 2 heterocycles. The Balaban J connectivity index is 2.29. The van der Waals surface area contributed by atoms with Gasteiger partial charge in [0, 0.05) is 10.9 Å².